The van der Waals surface area contributed by atoms with E-state index in [0.717, 1.165) is 25.9 Å². The third kappa shape index (κ3) is 6.34. The van der Waals surface area contributed by atoms with Crippen LogP contribution < -0.4 is 10.5 Å². The molecule has 2 amide bonds. The maximum Gasteiger partial charge on any atom is 0.258 e. The van der Waals surface area contributed by atoms with Crippen LogP contribution in [0.2, 0.25) is 0 Å². The number of alkyl halides is 1. The molecular weight excluding hydrogens is 488 g/mol. The van der Waals surface area contributed by atoms with Gasteiger partial charge in [0.15, 0.2) is 0 Å². The van der Waals surface area contributed by atoms with E-state index in [1.807, 2.05) is 38.1 Å². The molecule has 2 saturated heterocycles. The molecule has 2 aliphatic heterocycles. The number of primary amides is 1. The third-order valence-electron chi connectivity index (χ3n) is 8.20. The highest BCUT2D eigenvalue weighted by molar-refractivity contribution is 6.03. The first-order valence-electron chi connectivity index (χ1n) is 13.8. The second-order valence-electron chi connectivity index (χ2n) is 10.6. The van der Waals surface area contributed by atoms with Crippen molar-refractivity contribution >= 4 is 11.8 Å². The van der Waals surface area contributed by atoms with E-state index in [9.17, 15) is 18.4 Å². The lowest BCUT2D eigenvalue weighted by Gasteiger charge is -2.36. The number of hydrogen-bond donors (Lipinski definition) is 1. The van der Waals surface area contributed by atoms with Gasteiger partial charge in [0.2, 0.25) is 5.91 Å². The summed E-state index contributed by atoms with van der Waals surface area (Å²) in [6, 6.07) is 11.1. The zero-order valence-electron chi connectivity index (χ0n) is 22.4. The van der Waals surface area contributed by atoms with Crippen molar-refractivity contribution in [3.63, 3.8) is 0 Å². The number of amides is 2. The first-order valence-corrected chi connectivity index (χ1v) is 13.8. The van der Waals surface area contributed by atoms with Crippen LogP contribution in [0.15, 0.2) is 42.5 Å². The van der Waals surface area contributed by atoms with Gasteiger partial charge in [0, 0.05) is 13.1 Å². The summed E-state index contributed by atoms with van der Waals surface area (Å²) in [4.78, 5) is 28.7. The van der Waals surface area contributed by atoms with E-state index in [-0.39, 0.29) is 5.56 Å². The molecule has 8 heteroatoms. The van der Waals surface area contributed by atoms with Gasteiger partial charge in [-0.3, -0.25) is 9.59 Å². The molecule has 0 spiro atoms. The smallest absolute Gasteiger partial charge is 0.258 e. The minimum Gasteiger partial charge on any atom is -0.493 e. The van der Waals surface area contributed by atoms with Crippen LogP contribution in [0.1, 0.15) is 62.7 Å². The topological polar surface area (TPSA) is 75.9 Å². The molecule has 2 aromatic rings. The van der Waals surface area contributed by atoms with Crippen molar-refractivity contribution in [2.45, 2.75) is 64.1 Å². The molecule has 0 bridgehead atoms. The van der Waals surface area contributed by atoms with Gasteiger partial charge in [-0.05, 0) is 86.9 Å². The fraction of sp³-hybridized carbons (Fsp3) is 0.533. The van der Waals surface area contributed by atoms with Crippen LogP contribution in [0.4, 0.5) is 8.78 Å². The zero-order valence-corrected chi connectivity index (χ0v) is 22.4. The standard InChI is InChI=1S/C30H39F2N3O3/c1-3-30(32,4-2)20-34-17-14-21(15-18-34)19-38-23-12-10-22(11-13-23)24-7-5-8-25(31)27(24)29(37)35-16-6-9-26(35)28(33)36/h5,7-8,10-13,21,26H,3-4,6,9,14-20H2,1-2H3,(H2,33,36)/t26-/m0/s1. The van der Waals surface area contributed by atoms with E-state index < -0.39 is 29.3 Å². The highest BCUT2D eigenvalue weighted by atomic mass is 19.1. The van der Waals surface area contributed by atoms with E-state index in [4.69, 9.17) is 10.5 Å². The molecule has 38 heavy (non-hydrogen) atoms. The monoisotopic (exact) mass is 527 g/mol. The highest BCUT2D eigenvalue weighted by Gasteiger charge is 2.35. The molecule has 2 N–H and O–H groups in total. The van der Waals surface area contributed by atoms with Crippen molar-refractivity contribution in [3.05, 3.63) is 53.8 Å². The van der Waals surface area contributed by atoms with Gasteiger partial charge in [-0.1, -0.05) is 38.1 Å². The van der Waals surface area contributed by atoms with Gasteiger partial charge in [0.25, 0.3) is 5.91 Å². The van der Waals surface area contributed by atoms with Crippen LogP contribution in [0, 0.1) is 11.7 Å². The number of ether oxygens (including phenoxy) is 1. The molecule has 2 aromatic carbocycles. The molecule has 6 nitrogen and oxygen atoms in total. The Balaban J connectivity index is 1.37. The predicted octanol–water partition coefficient (Wildman–Crippen LogP) is 5.20. The normalized spacial score (nSPS) is 19.1. The Kier molecular flexibility index (Phi) is 9.03. The Labute approximate surface area is 224 Å². The predicted molar refractivity (Wildman–Crippen MR) is 144 cm³/mol. The van der Waals surface area contributed by atoms with E-state index in [0.29, 0.717) is 68.2 Å². The number of carbonyl (C=O) groups excluding carboxylic acids is 2. The molecule has 2 fully saturated rings. The van der Waals surface area contributed by atoms with Gasteiger partial charge in [0.05, 0.1) is 12.2 Å². The van der Waals surface area contributed by atoms with Crippen LogP contribution in [-0.4, -0.2) is 66.1 Å². The highest BCUT2D eigenvalue weighted by Crippen LogP contribution is 2.31. The van der Waals surface area contributed by atoms with Gasteiger partial charge >= 0.3 is 0 Å². The van der Waals surface area contributed by atoms with E-state index >= 15 is 0 Å². The number of piperidine rings is 1. The zero-order chi connectivity index (χ0) is 27.3. The molecule has 0 aliphatic carbocycles. The summed E-state index contributed by atoms with van der Waals surface area (Å²) < 4.78 is 35.7. The van der Waals surface area contributed by atoms with Crippen LogP contribution in [0.5, 0.6) is 5.75 Å². The number of halogens is 2. The molecule has 206 valence electrons. The van der Waals surface area contributed by atoms with Crippen molar-refractivity contribution in [2.75, 3.05) is 32.8 Å². The van der Waals surface area contributed by atoms with Crippen LogP contribution in [-0.2, 0) is 4.79 Å². The number of nitrogens with zero attached hydrogens (tertiary/aromatic N) is 2. The maximum absolute atomic E-state index is 14.9. The fourth-order valence-corrected chi connectivity index (χ4v) is 5.56. The average Bonchev–Trinajstić information content (AvgIpc) is 3.43. The van der Waals surface area contributed by atoms with E-state index in [1.165, 1.54) is 11.0 Å². The minimum atomic E-state index is -1.10. The summed E-state index contributed by atoms with van der Waals surface area (Å²) in [6.07, 6.45) is 4.17. The van der Waals surface area contributed by atoms with Crippen LogP contribution in [0.25, 0.3) is 11.1 Å². The van der Waals surface area contributed by atoms with Gasteiger partial charge in [-0.15, -0.1) is 0 Å². The molecule has 0 aromatic heterocycles. The lowest BCUT2D eigenvalue weighted by atomic mass is 9.94. The number of likely N-dealkylation sites (tertiary alicyclic amines) is 2. The van der Waals surface area contributed by atoms with Gasteiger partial charge in [-0.2, -0.15) is 0 Å². The third-order valence-corrected chi connectivity index (χ3v) is 8.20. The second kappa shape index (κ2) is 12.2. The molecule has 4 rings (SSSR count). The van der Waals surface area contributed by atoms with Crippen molar-refractivity contribution in [3.8, 4) is 16.9 Å². The Hall–Kier alpha value is -3.00. The summed E-state index contributed by atoms with van der Waals surface area (Å²) in [6.45, 7) is 7.04. The quantitative estimate of drug-likeness (QED) is 0.461. The number of hydrogen-bond acceptors (Lipinski definition) is 4. The summed E-state index contributed by atoms with van der Waals surface area (Å²) >= 11 is 0. The Morgan fingerprint density at radius 2 is 1.71 bits per heavy atom. The van der Waals surface area contributed by atoms with Gasteiger partial charge in [0.1, 0.15) is 23.3 Å². The lowest BCUT2D eigenvalue weighted by Crippen LogP contribution is -2.44. The largest absolute Gasteiger partial charge is 0.493 e. The number of benzene rings is 2. The Morgan fingerprint density at radius 1 is 1.03 bits per heavy atom. The molecule has 1 atom stereocenters. The molecular formula is C30H39F2N3O3. The van der Waals surface area contributed by atoms with E-state index in [2.05, 4.69) is 4.90 Å². The molecule has 0 unspecified atom stereocenters. The maximum atomic E-state index is 14.9. The van der Waals surface area contributed by atoms with E-state index in [1.54, 1.807) is 12.1 Å². The molecule has 2 heterocycles. The van der Waals surface area contributed by atoms with Crippen molar-refractivity contribution in [1.29, 1.82) is 0 Å². The summed E-state index contributed by atoms with van der Waals surface area (Å²) in [5, 5.41) is 0. The van der Waals surface area contributed by atoms with Crippen molar-refractivity contribution < 1.29 is 23.1 Å². The number of carbonyl (C=O) groups is 2. The summed E-state index contributed by atoms with van der Waals surface area (Å²) in [5.74, 6) is -0.604. The average molecular weight is 528 g/mol. The molecule has 0 radical (unpaired) electrons. The first kappa shape index (κ1) is 28.0. The van der Waals surface area contributed by atoms with Gasteiger partial charge in [-0.25, -0.2) is 8.78 Å². The SMILES string of the molecule is CCC(F)(CC)CN1CCC(COc2ccc(-c3cccc(F)c3C(=O)N3CCC[C@H]3C(N)=O)cc2)CC1. The first-order chi connectivity index (χ1) is 18.2. The number of nitrogens with two attached hydrogens (primary N) is 1. The van der Waals surface area contributed by atoms with Crippen molar-refractivity contribution in [2.24, 2.45) is 11.7 Å². The van der Waals surface area contributed by atoms with Gasteiger partial charge < -0.3 is 20.3 Å². The minimum absolute atomic E-state index is 0.0514. The fourth-order valence-electron chi connectivity index (χ4n) is 5.56. The van der Waals surface area contributed by atoms with Crippen molar-refractivity contribution in [1.82, 2.24) is 9.80 Å². The summed E-state index contributed by atoms with van der Waals surface area (Å²) in [7, 11) is 0. The van der Waals surface area contributed by atoms with Crippen LogP contribution >= 0.6 is 0 Å². The molecule has 2 aliphatic rings. The number of rotatable bonds is 10. The Morgan fingerprint density at radius 3 is 2.34 bits per heavy atom. The summed E-state index contributed by atoms with van der Waals surface area (Å²) in [5.41, 5.74) is 5.47. The lowest BCUT2D eigenvalue weighted by molar-refractivity contribution is -0.121. The van der Waals surface area contributed by atoms with Crippen LogP contribution in [0.3, 0.4) is 0 Å². The Bertz CT molecular complexity index is 1110. The second-order valence-corrected chi connectivity index (χ2v) is 10.6. The molecule has 0 saturated carbocycles.